The van der Waals surface area contributed by atoms with Crippen molar-refractivity contribution < 1.29 is 18.3 Å². The molecule has 0 saturated heterocycles. The Morgan fingerprint density at radius 1 is 1.12 bits per heavy atom. The van der Waals surface area contributed by atoms with Gasteiger partial charge in [-0.3, -0.25) is 4.40 Å². The minimum atomic E-state index is -2.95. The van der Waals surface area contributed by atoms with Crippen LogP contribution in [-0.4, -0.2) is 46.9 Å². The number of benzene rings is 1. The van der Waals surface area contributed by atoms with E-state index in [1.807, 2.05) is 35.7 Å². The number of para-hydroxylation sites is 1. The number of aryl methyl sites for hydroxylation is 1. The highest BCUT2D eigenvalue weighted by molar-refractivity contribution is 5.79. The van der Waals surface area contributed by atoms with Gasteiger partial charge in [0.05, 0.1) is 13.2 Å². The van der Waals surface area contributed by atoms with Gasteiger partial charge in [-0.1, -0.05) is 18.2 Å². The van der Waals surface area contributed by atoms with Crippen LogP contribution in [0.5, 0.6) is 11.5 Å². The summed E-state index contributed by atoms with van der Waals surface area (Å²) in [5.74, 6) is 1.77. The Labute approximate surface area is 185 Å². The van der Waals surface area contributed by atoms with Gasteiger partial charge in [-0.15, -0.1) is 10.2 Å². The number of nitrogens with zero attached hydrogens (tertiary/aromatic N) is 4. The van der Waals surface area contributed by atoms with Crippen molar-refractivity contribution in [3.8, 4) is 11.5 Å². The molecule has 10 heteroatoms. The van der Waals surface area contributed by atoms with Crippen LogP contribution in [0.15, 0.2) is 47.6 Å². The molecule has 0 saturated carbocycles. The lowest BCUT2D eigenvalue weighted by atomic mass is 10.2. The van der Waals surface area contributed by atoms with Crippen LogP contribution in [0.25, 0.3) is 5.65 Å². The predicted octanol–water partition coefficient (Wildman–Crippen LogP) is 3.42. The van der Waals surface area contributed by atoms with Crippen molar-refractivity contribution in [2.45, 2.75) is 39.8 Å². The highest BCUT2D eigenvalue weighted by Crippen LogP contribution is 2.33. The van der Waals surface area contributed by atoms with Crippen molar-refractivity contribution in [3.05, 3.63) is 54.0 Å². The third-order valence-electron chi connectivity index (χ3n) is 4.57. The Kier molecular flexibility index (Phi) is 8.59. The maximum Gasteiger partial charge on any atom is 0.387 e. The fourth-order valence-corrected chi connectivity index (χ4v) is 3.20. The van der Waals surface area contributed by atoms with Gasteiger partial charge in [0.15, 0.2) is 23.1 Å². The van der Waals surface area contributed by atoms with Crippen LogP contribution in [0.1, 0.15) is 31.7 Å². The van der Waals surface area contributed by atoms with Crippen molar-refractivity contribution in [1.82, 2.24) is 25.2 Å². The van der Waals surface area contributed by atoms with Gasteiger partial charge in [0.1, 0.15) is 5.82 Å². The number of fused-ring (bicyclic) bond motifs is 1. The third kappa shape index (κ3) is 6.29. The first-order valence-corrected chi connectivity index (χ1v) is 10.6. The summed E-state index contributed by atoms with van der Waals surface area (Å²) in [5.41, 5.74) is 1.34. The zero-order chi connectivity index (χ0) is 22.8. The van der Waals surface area contributed by atoms with Gasteiger partial charge < -0.3 is 20.1 Å². The smallest absolute Gasteiger partial charge is 0.387 e. The molecule has 1 aromatic carbocycles. The quantitative estimate of drug-likeness (QED) is 0.267. The van der Waals surface area contributed by atoms with Crippen LogP contribution in [-0.2, 0) is 13.0 Å². The standard InChI is InChI=1S/C22H28F2N6O2/c1-3-25-22(26-13-8-12-19-29-28-18-11-5-6-14-30(18)19)27-15-16-9-7-10-17(31-4-2)20(16)32-21(23)24/h5-7,9-11,14,21H,3-4,8,12-13,15H2,1-2H3,(H2,25,26,27). The molecule has 172 valence electrons. The van der Waals surface area contributed by atoms with Gasteiger partial charge in [-0.05, 0) is 38.5 Å². The molecule has 0 aliphatic rings. The second kappa shape index (κ2) is 11.8. The molecule has 2 heterocycles. The van der Waals surface area contributed by atoms with Crippen molar-refractivity contribution in [2.75, 3.05) is 19.7 Å². The molecule has 3 aromatic rings. The first-order valence-electron chi connectivity index (χ1n) is 10.6. The number of hydrogen-bond acceptors (Lipinski definition) is 5. The van der Waals surface area contributed by atoms with Crippen LogP contribution in [0, 0.1) is 0 Å². The van der Waals surface area contributed by atoms with Crippen molar-refractivity contribution in [2.24, 2.45) is 4.99 Å². The van der Waals surface area contributed by atoms with Crippen LogP contribution >= 0.6 is 0 Å². The highest BCUT2D eigenvalue weighted by atomic mass is 19.3. The summed E-state index contributed by atoms with van der Waals surface area (Å²) in [6.07, 6.45) is 3.51. The van der Waals surface area contributed by atoms with E-state index >= 15 is 0 Å². The van der Waals surface area contributed by atoms with Gasteiger partial charge in [0.25, 0.3) is 0 Å². The molecule has 0 bridgehead atoms. The van der Waals surface area contributed by atoms with Gasteiger partial charge in [0, 0.05) is 31.3 Å². The second-order valence-corrected chi connectivity index (χ2v) is 6.83. The summed E-state index contributed by atoms with van der Waals surface area (Å²) in [7, 11) is 0. The van der Waals surface area contributed by atoms with E-state index in [-0.39, 0.29) is 18.0 Å². The number of halogens is 2. The molecule has 0 fully saturated rings. The number of aromatic nitrogens is 3. The van der Waals surface area contributed by atoms with Crippen molar-refractivity contribution in [1.29, 1.82) is 0 Å². The lowest BCUT2D eigenvalue weighted by Gasteiger charge is -2.15. The molecule has 0 amide bonds. The average molecular weight is 447 g/mol. The molecule has 3 rings (SSSR count). The zero-order valence-electron chi connectivity index (χ0n) is 18.2. The molecule has 0 radical (unpaired) electrons. The largest absolute Gasteiger partial charge is 0.490 e. The molecule has 0 unspecified atom stereocenters. The lowest BCUT2D eigenvalue weighted by Crippen LogP contribution is -2.37. The van der Waals surface area contributed by atoms with Gasteiger partial charge in [-0.25, -0.2) is 4.99 Å². The number of guanidine groups is 1. The van der Waals surface area contributed by atoms with Gasteiger partial charge >= 0.3 is 6.61 Å². The van der Waals surface area contributed by atoms with E-state index in [0.717, 1.165) is 24.3 Å². The normalized spacial score (nSPS) is 11.7. The van der Waals surface area contributed by atoms with Crippen molar-refractivity contribution >= 4 is 11.6 Å². The summed E-state index contributed by atoms with van der Waals surface area (Å²) in [5, 5.41) is 14.8. The first kappa shape index (κ1) is 23.2. The molecule has 8 nitrogen and oxygen atoms in total. The monoisotopic (exact) mass is 446 g/mol. The first-order chi connectivity index (χ1) is 15.6. The van der Waals surface area contributed by atoms with E-state index in [1.54, 1.807) is 25.1 Å². The predicted molar refractivity (Wildman–Crippen MR) is 118 cm³/mol. The number of alkyl halides is 2. The van der Waals surface area contributed by atoms with E-state index in [2.05, 4.69) is 25.8 Å². The summed E-state index contributed by atoms with van der Waals surface area (Å²) >= 11 is 0. The van der Waals surface area contributed by atoms with Gasteiger partial charge in [-0.2, -0.15) is 8.78 Å². The van der Waals surface area contributed by atoms with Crippen LogP contribution in [0.3, 0.4) is 0 Å². The number of nitrogens with one attached hydrogen (secondary N) is 2. The van der Waals surface area contributed by atoms with E-state index < -0.39 is 6.61 Å². The Bertz CT molecular complexity index is 1020. The lowest BCUT2D eigenvalue weighted by molar-refractivity contribution is -0.0520. The summed E-state index contributed by atoms with van der Waals surface area (Å²) < 4.78 is 37.9. The van der Waals surface area contributed by atoms with E-state index in [9.17, 15) is 8.78 Å². The third-order valence-corrected chi connectivity index (χ3v) is 4.57. The SMILES string of the molecule is CCNC(=NCc1cccc(OCC)c1OC(F)F)NCCCc1nnc2ccccn12. The van der Waals surface area contributed by atoms with E-state index in [4.69, 9.17) is 9.47 Å². The molecule has 0 atom stereocenters. The summed E-state index contributed by atoms with van der Waals surface area (Å²) in [6, 6.07) is 10.8. The van der Waals surface area contributed by atoms with E-state index in [0.29, 0.717) is 31.2 Å². The topological polar surface area (TPSA) is 85.1 Å². The number of ether oxygens (including phenoxy) is 2. The maximum absolute atomic E-state index is 12.9. The molecular weight excluding hydrogens is 418 g/mol. The van der Waals surface area contributed by atoms with Crippen LogP contribution < -0.4 is 20.1 Å². The second-order valence-electron chi connectivity index (χ2n) is 6.83. The Hall–Kier alpha value is -3.43. The maximum atomic E-state index is 12.9. The molecule has 2 N–H and O–H groups in total. The number of pyridine rings is 1. The average Bonchev–Trinajstić information content (AvgIpc) is 3.19. The molecule has 2 aromatic heterocycles. The minimum absolute atomic E-state index is 0.0163. The van der Waals surface area contributed by atoms with E-state index in [1.165, 1.54) is 0 Å². The Morgan fingerprint density at radius 2 is 2.00 bits per heavy atom. The zero-order valence-corrected chi connectivity index (χ0v) is 18.2. The Balaban J connectivity index is 1.61. The van der Waals surface area contributed by atoms with Crippen LogP contribution in [0.2, 0.25) is 0 Å². The number of hydrogen-bond donors (Lipinski definition) is 2. The molecular formula is C22H28F2N6O2. The molecule has 32 heavy (non-hydrogen) atoms. The highest BCUT2D eigenvalue weighted by Gasteiger charge is 2.15. The summed E-state index contributed by atoms with van der Waals surface area (Å²) in [6.45, 7) is 2.63. The molecule has 0 aliphatic heterocycles. The summed E-state index contributed by atoms with van der Waals surface area (Å²) in [4.78, 5) is 4.52. The minimum Gasteiger partial charge on any atom is -0.490 e. The molecule has 0 spiro atoms. The fraction of sp³-hybridized carbons (Fsp3) is 0.409. The number of rotatable bonds is 11. The van der Waals surface area contributed by atoms with Gasteiger partial charge in [0.2, 0.25) is 0 Å². The van der Waals surface area contributed by atoms with Crippen LogP contribution in [0.4, 0.5) is 8.78 Å². The Morgan fingerprint density at radius 3 is 2.78 bits per heavy atom. The molecule has 0 aliphatic carbocycles. The van der Waals surface area contributed by atoms with Crippen molar-refractivity contribution in [3.63, 3.8) is 0 Å². The fourth-order valence-electron chi connectivity index (χ4n) is 3.20. The number of aliphatic imine (C=N–C) groups is 1.